The number of fused-ring (bicyclic) bond motifs is 9. The highest BCUT2D eigenvalue weighted by atomic mass is 32.2. The third-order valence-electron chi connectivity index (χ3n) is 10.9. The lowest BCUT2D eigenvalue weighted by Gasteiger charge is -2.40. The highest BCUT2D eigenvalue weighted by Crippen LogP contribution is 2.62. The quantitative estimate of drug-likeness (QED) is 0.160. The van der Waals surface area contributed by atoms with Gasteiger partial charge in [0, 0.05) is 32.7 Å². The smallest absolute Gasteiger partial charge is 0.164 e. The number of hydrogen-bond donors (Lipinski definition) is 0. The third kappa shape index (κ3) is 5.30. The number of benzene rings is 7. The molecule has 0 amide bonds. The molecule has 55 heavy (non-hydrogen) atoms. The Bertz CT molecular complexity index is 2720. The Kier molecular flexibility index (Phi) is 7.97. The zero-order chi connectivity index (χ0) is 36.9. The first-order valence-corrected chi connectivity index (χ1v) is 19.2. The minimum Gasteiger partial charge on any atom is -0.272 e. The average Bonchev–Trinajstić information content (AvgIpc) is 3.54. The lowest BCUT2D eigenvalue weighted by Crippen LogP contribution is -2.32. The normalized spacial score (nSPS) is 13.3. The van der Waals surface area contributed by atoms with Gasteiger partial charge in [0.1, 0.15) is 0 Å². The van der Waals surface area contributed by atoms with Crippen molar-refractivity contribution in [1.29, 1.82) is 0 Å². The summed E-state index contributed by atoms with van der Waals surface area (Å²) in [4.78, 5) is 21.6. The number of aliphatic imine (C=N–C) groups is 1. The van der Waals surface area contributed by atoms with Crippen LogP contribution < -0.4 is 0 Å². The topological polar surface area (TPSA) is 51.0 Å². The Labute approximate surface area is 325 Å². The molecule has 7 aromatic carbocycles. The first-order chi connectivity index (χ1) is 27.1. The standard InChI is InChI=1S/C50H34N4S/c1-32-14-13-21-38(37(32)28-29-51-2)35-24-26-43-45(30-35)55-46-31-36(25-27-44(46)50(43)41-22-11-9-19-39(41)40-20-10-12-23-42(40)50)49-53-47(33-15-5-3-6-16-33)52-48(54-49)34-17-7-4-8-18-34/h3-31H,2H2,1H3/b29-28-. The van der Waals surface area contributed by atoms with E-state index in [-0.39, 0.29) is 0 Å². The predicted octanol–water partition coefficient (Wildman–Crippen LogP) is 12.3. The first-order valence-electron chi connectivity index (χ1n) is 18.4. The van der Waals surface area contributed by atoms with Gasteiger partial charge in [-0.05, 0) is 87.5 Å². The van der Waals surface area contributed by atoms with Gasteiger partial charge in [0.25, 0.3) is 0 Å². The lowest BCUT2D eigenvalue weighted by molar-refractivity contribution is 0.722. The second-order valence-electron chi connectivity index (χ2n) is 13.9. The van der Waals surface area contributed by atoms with Crippen molar-refractivity contribution in [2.24, 2.45) is 4.99 Å². The fourth-order valence-electron chi connectivity index (χ4n) is 8.44. The molecule has 8 aromatic rings. The van der Waals surface area contributed by atoms with Gasteiger partial charge in [0.15, 0.2) is 17.5 Å². The number of hydrogen-bond acceptors (Lipinski definition) is 5. The first kappa shape index (κ1) is 32.9. The van der Waals surface area contributed by atoms with Crippen LogP contribution in [0.25, 0.3) is 62.5 Å². The molecule has 0 fully saturated rings. The van der Waals surface area contributed by atoms with Gasteiger partial charge >= 0.3 is 0 Å². The summed E-state index contributed by atoms with van der Waals surface area (Å²) in [6.07, 6.45) is 3.82. The Morgan fingerprint density at radius 3 is 1.56 bits per heavy atom. The highest BCUT2D eigenvalue weighted by Gasteiger charge is 2.50. The van der Waals surface area contributed by atoms with Crippen molar-refractivity contribution in [2.75, 3.05) is 0 Å². The van der Waals surface area contributed by atoms with E-state index in [1.54, 1.807) is 6.20 Å². The summed E-state index contributed by atoms with van der Waals surface area (Å²) in [7, 11) is 0. The maximum absolute atomic E-state index is 5.10. The molecular weight excluding hydrogens is 689 g/mol. The summed E-state index contributed by atoms with van der Waals surface area (Å²) in [5, 5.41) is 0. The van der Waals surface area contributed by atoms with Gasteiger partial charge < -0.3 is 0 Å². The molecule has 0 saturated carbocycles. The molecule has 0 unspecified atom stereocenters. The Morgan fingerprint density at radius 2 is 0.982 bits per heavy atom. The number of nitrogens with zero attached hydrogens (tertiary/aromatic N) is 4. The van der Waals surface area contributed by atoms with Gasteiger partial charge in [0.2, 0.25) is 0 Å². The molecule has 1 spiro atoms. The molecule has 0 bridgehead atoms. The molecule has 2 heterocycles. The Morgan fingerprint density at radius 1 is 0.491 bits per heavy atom. The third-order valence-corrected chi connectivity index (χ3v) is 12.0. The van der Waals surface area contributed by atoms with Crippen LogP contribution in [0.5, 0.6) is 0 Å². The van der Waals surface area contributed by atoms with Crippen molar-refractivity contribution in [2.45, 2.75) is 22.1 Å². The lowest BCUT2D eigenvalue weighted by atomic mass is 9.67. The fraction of sp³-hybridized carbons (Fsp3) is 0.0400. The molecule has 0 N–H and O–H groups in total. The minimum absolute atomic E-state index is 0.508. The molecular formula is C50H34N4S. The van der Waals surface area contributed by atoms with Crippen molar-refractivity contribution >= 4 is 24.6 Å². The molecule has 4 nitrogen and oxygen atoms in total. The van der Waals surface area contributed by atoms with Crippen molar-refractivity contribution in [3.63, 3.8) is 0 Å². The van der Waals surface area contributed by atoms with Crippen LogP contribution >= 0.6 is 11.8 Å². The number of rotatable bonds is 6. The molecule has 1 aromatic heterocycles. The maximum Gasteiger partial charge on any atom is 0.164 e. The van der Waals surface area contributed by atoms with Crippen LogP contribution in [0.2, 0.25) is 0 Å². The van der Waals surface area contributed by atoms with Crippen LogP contribution in [0.1, 0.15) is 33.4 Å². The largest absolute Gasteiger partial charge is 0.272 e. The van der Waals surface area contributed by atoms with Crippen LogP contribution in [-0.4, -0.2) is 21.7 Å². The van der Waals surface area contributed by atoms with Gasteiger partial charge in [-0.1, -0.05) is 163 Å². The molecule has 10 rings (SSSR count). The minimum atomic E-state index is -0.508. The van der Waals surface area contributed by atoms with Crippen LogP contribution in [-0.2, 0) is 5.41 Å². The zero-order valence-corrected chi connectivity index (χ0v) is 31.0. The monoisotopic (exact) mass is 722 g/mol. The van der Waals surface area contributed by atoms with Gasteiger partial charge in [0.05, 0.1) is 5.41 Å². The number of aromatic nitrogens is 3. The second kappa shape index (κ2) is 13.3. The van der Waals surface area contributed by atoms with Crippen LogP contribution in [0.4, 0.5) is 0 Å². The molecule has 0 radical (unpaired) electrons. The molecule has 1 aliphatic heterocycles. The summed E-state index contributed by atoms with van der Waals surface area (Å²) in [6, 6.07) is 58.4. The SMILES string of the molecule is C=N/C=C\c1c(C)cccc1-c1ccc2c(c1)Sc1cc(-c3nc(-c4ccccc4)nc(-c4ccccc4)n3)ccc1C21c2ccccc2-c2ccccc21. The van der Waals surface area contributed by atoms with E-state index in [0.29, 0.717) is 17.5 Å². The van der Waals surface area contributed by atoms with Crippen molar-refractivity contribution in [1.82, 2.24) is 15.0 Å². The van der Waals surface area contributed by atoms with E-state index in [1.165, 1.54) is 48.7 Å². The molecule has 2 aliphatic rings. The maximum atomic E-state index is 5.10. The van der Waals surface area contributed by atoms with Gasteiger partial charge in [-0.2, -0.15) is 0 Å². The summed E-state index contributed by atoms with van der Waals surface area (Å²) in [5.41, 5.74) is 14.7. The molecule has 1 aliphatic carbocycles. The number of aryl methyl sites for hydroxylation is 1. The van der Waals surface area contributed by atoms with E-state index in [1.807, 2.05) is 72.4 Å². The average molecular weight is 723 g/mol. The van der Waals surface area contributed by atoms with Gasteiger partial charge in [-0.3, -0.25) is 4.99 Å². The van der Waals surface area contributed by atoms with Crippen molar-refractivity contribution < 1.29 is 0 Å². The van der Waals surface area contributed by atoms with E-state index < -0.39 is 5.41 Å². The van der Waals surface area contributed by atoms with E-state index in [0.717, 1.165) is 33.4 Å². The van der Waals surface area contributed by atoms with E-state index >= 15 is 0 Å². The van der Waals surface area contributed by atoms with E-state index in [9.17, 15) is 0 Å². The molecule has 260 valence electrons. The fourth-order valence-corrected chi connectivity index (χ4v) is 9.71. The van der Waals surface area contributed by atoms with Gasteiger partial charge in [-0.25, -0.2) is 15.0 Å². The van der Waals surface area contributed by atoms with Crippen LogP contribution in [0, 0.1) is 6.92 Å². The van der Waals surface area contributed by atoms with Crippen molar-refractivity contribution in [3.05, 3.63) is 203 Å². The summed E-state index contributed by atoms with van der Waals surface area (Å²) >= 11 is 1.82. The van der Waals surface area contributed by atoms with Gasteiger partial charge in [-0.15, -0.1) is 0 Å². The second-order valence-corrected chi connectivity index (χ2v) is 15.0. The van der Waals surface area contributed by atoms with Crippen LogP contribution in [0.3, 0.4) is 0 Å². The summed E-state index contributed by atoms with van der Waals surface area (Å²) in [5.74, 6) is 1.94. The molecule has 0 saturated heterocycles. The highest BCUT2D eigenvalue weighted by molar-refractivity contribution is 7.99. The Hall–Kier alpha value is -6.69. The molecule has 0 atom stereocenters. The van der Waals surface area contributed by atoms with E-state index in [2.05, 4.69) is 128 Å². The van der Waals surface area contributed by atoms with E-state index in [4.69, 9.17) is 15.0 Å². The molecule has 5 heteroatoms. The zero-order valence-electron chi connectivity index (χ0n) is 30.1. The summed E-state index contributed by atoms with van der Waals surface area (Å²) in [6.45, 7) is 5.83. The van der Waals surface area contributed by atoms with Crippen molar-refractivity contribution in [3.8, 4) is 56.4 Å². The predicted molar refractivity (Wildman–Crippen MR) is 226 cm³/mol. The Balaban J connectivity index is 1.21. The van der Waals surface area contributed by atoms with Crippen LogP contribution in [0.15, 0.2) is 185 Å². The summed E-state index contributed by atoms with van der Waals surface area (Å²) < 4.78 is 0.